The zero-order valence-corrected chi connectivity index (χ0v) is 12.0. The minimum Gasteiger partial charge on any atom is -0.409 e. The van der Waals surface area contributed by atoms with Crippen LogP contribution in [0.25, 0.3) is 0 Å². The molecular weight excluding hydrogens is 270 g/mol. The molecule has 0 bridgehead atoms. The Morgan fingerprint density at radius 2 is 2.00 bits per heavy atom. The standard InChI is InChI=1S/C15H17N3OS/c1-20-14-7-5-13(6-8-14)17-10-11-3-2-4-12(9-11)15(16)18-19/h2-9,17,19H,10H2,1H3,(H2,16,18). The van der Waals surface area contributed by atoms with Gasteiger partial charge < -0.3 is 16.3 Å². The molecule has 0 aliphatic rings. The van der Waals surface area contributed by atoms with Crippen LogP contribution in [-0.2, 0) is 6.54 Å². The highest BCUT2D eigenvalue weighted by Gasteiger charge is 2.01. The molecule has 20 heavy (non-hydrogen) atoms. The molecule has 0 unspecified atom stereocenters. The fraction of sp³-hybridized carbons (Fsp3) is 0.133. The molecule has 0 saturated carbocycles. The van der Waals surface area contributed by atoms with Crippen molar-refractivity contribution in [1.82, 2.24) is 0 Å². The second-order valence-electron chi connectivity index (χ2n) is 4.27. The van der Waals surface area contributed by atoms with Gasteiger partial charge in [0.05, 0.1) is 0 Å². The lowest BCUT2D eigenvalue weighted by molar-refractivity contribution is 0.318. The molecule has 0 fully saturated rings. The Morgan fingerprint density at radius 1 is 1.25 bits per heavy atom. The number of hydrogen-bond donors (Lipinski definition) is 3. The molecular formula is C15H17N3OS. The van der Waals surface area contributed by atoms with E-state index in [4.69, 9.17) is 10.9 Å². The highest BCUT2D eigenvalue weighted by Crippen LogP contribution is 2.18. The van der Waals surface area contributed by atoms with Crippen molar-refractivity contribution in [2.24, 2.45) is 10.9 Å². The normalized spacial score (nSPS) is 11.3. The molecule has 0 amide bonds. The summed E-state index contributed by atoms with van der Waals surface area (Å²) in [6.07, 6.45) is 2.06. The van der Waals surface area contributed by atoms with Crippen LogP contribution in [0.5, 0.6) is 0 Å². The summed E-state index contributed by atoms with van der Waals surface area (Å²) in [6, 6.07) is 15.9. The quantitative estimate of drug-likeness (QED) is 0.260. The van der Waals surface area contributed by atoms with Gasteiger partial charge in [0.1, 0.15) is 0 Å². The Kier molecular flexibility index (Phi) is 4.90. The minimum absolute atomic E-state index is 0.121. The Bertz CT molecular complexity index is 596. The molecule has 2 aromatic carbocycles. The third kappa shape index (κ3) is 3.68. The molecule has 5 heteroatoms. The molecule has 0 saturated heterocycles. The SMILES string of the molecule is CSc1ccc(NCc2cccc(C(N)=NO)c2)cc1. The van der Waals surface area contributed by atoms with E-state index in [1.165, 1.54) is 4.90 Å². The first-order valence-corrected chi connectivity index (χ1v) is 7.40. The highest BCUT2D eigenvalue weighted by atomic mass is 32.2. The molecule has 0 aliphatic carbocycles. The summed E-state index contributed by atoms with van der Waals surface area (Å²) in [7, 11) is 0. The van der Waals surface area contributed by atoms with E-state index in [0.717, 1.165) is 11.3 Å². The number of amidine groups is 1. The number of anilines is 1. The average Bonchev–Trinajstić information content (AvgIpc) is 2.53. The zero-order chi connectivity index (χ0) is 14.4. The van der Waals surface area contributed by atoms with Crippen LogP contribution in [0.1, 0.15) is 11.1 Å². The number of benzene rings is 2. The van der Waals surface area contributed by atoms with Crippen LogP contribution in [-0.4, -0.2) is 17.3 Å². The second kappa shape index (κ2) is 6.86. The van der Waals surface area contributed by atoms with Crippen molar-refractivity contribution in [2.75, 3.05) is 11.6 Å². The maximum atomic E-state index is 8.68. The molecule has 104 valence electrons. The summed E-state index contributed by atoms with van der Waals surface area (Å²) < 4.78 is 0. The topological polar surface area (TPSA) is 70.6 Å². The lowest BCUT2D eigenvalue weighted by Gasteiger charge is -2.08. The summed E-state index contributed by atoms with van der Waals surface area (Å²) in [6.45, 7) is 0.686. The second-order valence-corrected chi connectivity index (χ2v) is 5.15. The van der Waals surface area contributed by atoms with Crippen molar-refractivity contribution in [2.45, 2.75) is 11.4 Å². The van der Waals surface area contributed by atoms with Gasteiger partial charge in [0.15, 0.2) is 5.84 Å². The van der Waals surface area contributed by atoms with Crippen molar-refractivity contribution >= 4 is 23.3 Å². The molecule has 2 aromatic rings. The Hall–Kier alpha value is -2.14. The average molecular weight is 287 g/mol. The summed E-state index contributed by atoms with van der Waals surface area (Å²) in [4.78, 5) is 1.24. The third-order valence-electron chi connectivity index (χ3n) is 2.92. The van der Waals surface area contributed by atoms with Crippen molar-refractivity contribution in [3.63, 3.8) is 0 Å². The van der Waals surface area contributed by atoms with Crippen LogP contribution in [0, 0.1) is 0 Å². The number of hydrogen-bond acceptors (Lipinski definition) is 4. The Balaban J connectivity index is 2.03. The molecule has 4 nitrogen and oxygen atoms in total. The maximum Gasteiger partial charge on any atom is 0.170 e. The van der Waals surface area contributed by atoms with Crippen LogP contribution < -0.4 is 11.1 Å². The number of nitrogens with one attached hydrogen (secondary N) is 1. The molecule has 2 rings (SSSR count). The van der Waals surface area contributed by atoms with Gasteiger partial charge in [0.2, 0.25) is 0 Å². The molecule has 0 aromatic heterocycles. The van der Waals surface area contributed by atoms with Crippen LogP contribution in [0.2, 0.25) is 0 Å². The van der Waals surface area contributed by atoms with Crippen molar-refractivity contribution < 1.29 is 5.21 Å². The zero-order valence-electron chi connectivity index (χ0n) is 11.2. The first kappa shape index (κ1) is 14.3. The van der Waals surface area contributed by atoms with Crippen LogP contribution in [0.15, 0.2) is 58.6 Å². The van der Waals surface area contributed by atoms with Gasteiger partial charge in [-0.15, -0.1) is 11.8 Å². The van der Waals surface area contributed by atoms with Gasteiger partial charge in [-0.05, 0) is 42.2 Å². The van der Waals surface area contributed by atoms with E-state index in [9.17, 15) is 0 Å². The summed E-state index contributed by atoms with van der Waals surface area (Å²) in [5.41, 5.74) is 8.43. The Labute approximate surface area is 122 Å². The maximum absolute atomic E-state index is 8.68. The first-order valence-electron chi connectivity index (χ1n) is 6.17. The number of nitrogens with two attached hydrogens (primary N) is 1. The van der Waals surface area contributed by atoms with E-state index in [0.29, 0.717) is 12.1 Å². The van der Waals surface area contributed by atoms with E-state index >= 15 is 0 Å². The summed E-state index contributed by atoms with van der Waals surface area (Å²) >= 11 is 1.72. The lowest BCUT2D eigenvalue weighted by Crippen LogP contribution is -2.13. The Morgan fingerprint density at radius 3 is 2.65 bits per heavy atom. The molecule has 0 aliphatic heterocycles. The number of oxime groups is 1. The number of rotatable bonds is 5. The summed E-state index contributed by atoms with van der Waals surface area (Å²) in [5.74, 6) is 0.121. The number of nitrogens with zero attached hydrogens (tertiary/aromatic N) is 1. The monoisotopic (exact) mass is 287 g/mol. The predicted molar refractivity (Wildman–Crippen MR) is 84.5 cm³/mol. The molecule has 0 atom stereocenters. The minimum atomic E-state index is 0.121. The van der Waals surface area contributed by atoms with E-state index in [2.05, 4.69) is 41.0 Å². The largest absolute Gasteiger partial charge is 0.409 e. The molecule has 0 heterocycles. The van der Waals surface area contributed by atoms with Crippen LogP contribution in [0.3, 0.4) is 0 Å². The van der Waals surface area contributed by atoms with E-state index in [-0.39, 0.29) is 5.84 Å². The van der Waals surface area contributed by atoms with Gasteiger partial charge in [-0.25, -0.2) is 0 Å². The summed E-state index contributed by atoms with van der Waals surface area (Å²) in [5, 5.41) is 15.0. The van der Waals surface area contributed by atoms with E-state index in [1.807, 2.05) is 24.3 Å². The fourth-order valence-electron chi connectivity index (χ4n) is 1.81. The van der Waals surface area contributed by atoms with Crippen molar-refractivity contribution in [3.05, 3.63) is 59.7 Å². The van der Waals surface area contributed by atoms with Gasteiger partial charge in [-0.3, -0.25) is 0 Å². The molecule has 0 spiro atoms. The number of thioether (sulfide) groups is 1. The third-order valence-corrected chi connectivity index (χ3v) is 3.66. The fourth-order valence-corrected chi connectivity index (χ4v) is 2.22. The highest BCUT2D eigenvalue weighted by molar-refractivity contribution is 7.98. The van der Waals surface area contributed by atoms with Gasteiger partial charge in [0.25, 0.3) is 0 Å². The van der Waals surface area contributed by atoms with Crippen molar-refractivity contribution in [3.8, 4) is 0 Å². The molecule has 4 N–H and O–H groups in total. The first-order chi connectivity index (χ1) is 9.72. The van der Waals surface area contributed by atoms with Gasteiger partial charge in [0, 0.05) is 22.7 Å². The van der Waals surface area contributed by atoms with Crippen molar-refractivity contribution in [1.29, 1.82) is 0 Å². The van der Waals surface area contributed by atoms with Crippen LogP contribution in [0.4, 0.5) is 5.69 Å². The lowest BCUT2D eigenvalue weighted by atomic mass is 10.1. The predicted octanol–water partition coefficient (Wildman–Crippen LogP) is 3.12. The van der Waals surface area contributed by atoms with Gasteiger partial charge >= 0.3 is 0 Å². The van der Waals surface area contributed by atoms with E-state index in [1.54, 1.807) is 11.8 Å². The smallest absolute Gasteiger partial charge is 0.170 e. The van der Waals surface area contributed by atoms with Crippen LogP contribution >= 0.6 is 11.8 Å². The van der Waals surface area contributed by atoms with Gasteiger partial charge in [-0.1, -0.05) is 23.4 Å². The van der Waals surface area contributed by atoms with E-state index < -0.39 is 0 Å². The molecule has 0 radical (unpaired) electrons. The van der Waals surface area contributed by atoms with Gasteiger partial charge in [-0.2, -0.15) is 0 Å².